The Hall–Kier alpha value is -1.10. The highest BCUT2D eigenvalue weighted by Crippen LogP contribution is 2.32. The monoisotopic (exact) mass is 284 g/mol. The smallest absolute Gasteiger partial charge is 0.340 e. The van der Waals surface area contributed by atoms with Gasteiger partial charge < -0.3 is 14.2 Å². The number of hydrogen-bond donors (Lipinski definition) is 0. The van der Waals surface area contributed by atoms with Crippen molar-refractivity contribution in [3.63, 3.8) is 0 Å². The second kappa shape index (κ2) is 6.37. The molecule has 0 saturated carbocycles. The van der Waals surface area contributed by atoms with Crippen LogP contribution >= 0.6 is 11.6 Å². The maximum Gasteiger partial charge on any atom is 0.340 e. The molecule has 0 N–H and O–H groups in total. The molecule has 5 heteroatoms. The molecule has 0 aromatic heterocycles. The van der Waals surface area contributed by atoms with Gasteiger partial charge in [0.05, 0.1) is 26.4 Å². The van der Waals surface area contributed by atoms with E-state index >= 15 is 0 Å². The third-order valence-electron chi connectivity index (χ3n) is 2.97. The van der Waals surface area contributed by atoms with Crippen LogP contribution in [-0.4, -0.2) is 31.4 Å². The Kier molecular flexibility index (Phi) is 4.80. The minimum Gasteiger partial charge on any atom is -0.464 e. The van der Waals surface area contributed by atoms with E-state index in [0.29, 0.717) is 37.9 Å². The zero-order valence-corrected chi connectivity index (χ0v) is 11.6. The molecule has 0 radical (unpaired) electrons. The Bertz CT molecular complexity index is 426. The van der Waals surface area contributed by atoms with Gasteiger partial charge >= 0.3 is 5.97 Å². The van der Waals surface area contributed by atoms with Crippen molar-refractivity contribution >= 4 is 17.6 Å². The van der Waals surface area contributed by atoms with E-state index in [4.69, 9.17) is 25.8 Å². The third-order valence-corrected chi connectivity index (χ3v) is 3.22. The van der Waals surface area contributed by atoms with Crippen molar-refractivity contribution in [2.75, 3.05) is 19.8 Å². The Labute approximate surface area is 117 Å². The van der Waals surface area contributed by atoms with E-state index in [9.17, 15) is 4.79 Å². The highest BCUT2D eigenvalue weighted by atomic mass is 35.5. The zero-order valence-electron chi connectivity index (χ0n) is 10.9. The van der Waals surface area contributed by atoms with E-state index in [2.05, 4.69) is 0 Å². The van der Waals surface area contributed by atoms with E-state index in [-0.39, 0.29) is 5.97 Å². The van der Waals surface area contributed by atoms with E-state index in [1.54, 1.807) is 6.92 Å². The molecule has 2 rings (SSSR count). The number of rotatable bonds is 7. The molecule has 1 atom stereocenters. The van der Waals surface area contributed by atoms with Crippen molar-refractivity contribution in [1.82, 2.24) is 0 Å². The van der Waals surface area contributed by atoms with E-state index < -0.39 is 5.60 Å². The normalized spacial score (nSPS) is 21.2. The minimum atomic E-state index is -0.754. The maximum atomic E-state index is 11.6. The van der Waals surface area contributed by atoms with Crippen LogP contribution in [0.1, 0.15) is 18.9 Å². The molecule has 1 aromatic carbocycles. The van der Waals surface area contributed by atoms with Gasteiger partial charge in [-0.25, -0.2) is 4.79 Å². The van der Waals surface area contributed by atoms with E-state index in [1.807, 2.05) is 24.3 Å². The molecule has 19 heavy (non-hydrogen) atoms. The molecule has 0 amide bonds. The summed E-state index contributed by atoms with van der Waals surface area (Å²) >= 11 is 5.80. The summed E-state index contributed by atoms with van der Waals surface area (Å²) in [5, 5.41) is 0.705. The van der Waals surface area contributed by atoms with Crippen molar-refractivity contribution in [2.45, 2.75) is 25.6 Å². The molecule has 1 aromatic rings. The second-order valence-electron chi connectivity index (χ2n) is 4.43. The Morgan fingerprint density at radius 1 is 1.42 bits per heavy atom. The maximum absolute atomic E-state index is 11.6. The van der Waals surface area contributed by atoms with Gasteiger partial charge in [-0.2, -0.15) is 0 Å². The first-order chi connectivity index (χ1) is 9.16. The summed E-state index contributed by atoms with van der Waals surface area (Å²) in [5.74, 6) is -0.287. The fourth-order valence-electron chi connectivity index (χ4n) is 1.72. The lowest BCUT2D eigenvalue weighted by molar-refractivity contribution is -0.150. The number of hydrogen-bond acceptors (Lipinski definition) is 4. The van der Waals surface area contributed by atoms with Gasteiger partial charge in [-0.05, 0) is 24.6 Å². The molecule has 1 saturated heterocycles. The molecule has 0 bridgehead atoms. The Morgan fingerprint density at radius 2 is 2.11 bits per heavy atom. The van der Waals surface area contributed by atoms with Crippen LogP contribution in [-0.2, 0) is 25.6 Å². The van der Waals surface area contributed by atoms with Crippen LogP contribution in [0, 0.1) is 0 Å². The van der Waals surface area contributed by atoms with Crippen LogP contribution in [0.2, 0.25) is 5.02 Å². The van der Waals surface area contributed by atoms with Crippen molar-refractivity contribution in [3.05, 3.63) is 34.9 Å². The third kappa shape index (κ3) is 3.93. The van der Waals surface area contributed by atoms with E-state index in [0.717, 1.165) is 5.56 Å². The number of carbonyl (C=O) groups is 1. The Morgan fingerprint density at radius 3 is 2.68 bits per heavy atom. The molecule has 0 aliphatic carbocycles. The number of epoxide rings is 1. The lowest BCUT2D eigenvalue weighted by atomic mass is 10.1. The van der Waals surface area contributed by atoms with Gasteiger partial charge in [0.2, 0.25) is 0 Å². The quantitative estimate of drug-likeness (QED) is 0.439. The first kappa shape index (κ1) is 14.3. The fourth-order valence-corrected chi connectivity index (χ4v) is 1.85. The second-order valence-corrected chi connectivity index (χ2v) is 4.87. The standard InChI is InChI=1S/C14H17ClO4/c1-2-18-13(16)14(10-19-14)7-8-17-9-11-3-5-12(15)6-4-11/h3-6H,2,7-10H2,1H3. The summed E-state index contributed by atoms with van der Waals surface area (Å²) in [6, 6.07) is 7.48. The number of esters is 1. The molecule has 1 heterocycles. The lowest BCUT2D eigenvalue weighted by Crippen LogP contribution is -2.28. The first-order valence-corrected chi connectivity index (χ1v) is 6.67. The molecule has 4 nitrogen and oxygen atoms in total. The lowest BCUT2D eigenvalue weighted by Gasteiger charge is -2.11. The summed E-state index contributed by atoms with van der Waals surface area (Å²) in [5.41, 5.74) is 0.294. The van der Waals surface area contributed by atoms with Gasteiger partial charge in [0, 0.05) is 11.4 Å². The van der Waals surface area contributed by atoms with Gasteiger partial charge in [-0.15, -0.1) is 0 Å². The van der Waals surface area contributed by atoms with Crippen LogP contribution in [0.4, 0.5) is 0 Å². The number of halogens is 1. The molecule has 1 unspecified atom stereocenters. The van der Waals surface area contributed by atoms with Crippen molar-refractivity contribution in [3.8, 4) is 0 Å². The van der Waals surface area contributed by atoms with Crippen molar-refractivity contribution in [2.24, 2.45) is 0 Å². The zero-order chi connectivity index (χ0) is 13.7. The summed E-state index contributed by atoms with van der Waals surface area (Å²) < 4.78 is 15.7. The average molecular weight is 285 g/mol. The highest BCUT2D eigenvalue weighted by Gasteiger charge is 2.53. The molecule has 0 spiro atoms. The number of benzene rings is 1. The minimum absolute atomic E-state index is 0.287. The number of ether oxygens (including phenoxy) is 3. The van der Waals surface area contributed by atoms with Gasteiger partial charge in [-0.1, -0.05) is 23.7 Å². The van der Waals surface area contributed by atoms with Gasteiger partial charge in [-0.3, -0.25) is 0 Å². The molecule has 1 aliphatic heterocycles. The first-order valence-electron chi connectivity index (χ1n) is 6.30. The summed E-state index contributed by atoms with van der Waals surface area (Å²) in [4.78, 5) is 11.6. The van der Waals surface area contributed by atoms with Crippen LogP contribution in [0.3, 0.4) is 0 Å². The van der Waals surface area contributed by atoms with Crippen LogP contribution in [0.5, 0.6) is 0 Å². The van der Waals surface area contributed by atoms with Gasteiger partial charge in [0.25, 0.3) is 0 Å². The van der Waals surface area contributed by atoms with Crippen LogP contribution < -0.4 is 0 Å². The number of carbonyl (C=O) groups excluding carboxylic acids is 1. The van der Waals surface area contributed by atoms with Crippen LogP contribution in [0.15, 0.2) is 24.3 Å². The molecular weight excluding hydrogens is 268 g/mol. The Balaban J connectivity index is 1.69. The summed E-state index contributed by atoms with van der Waals surface area (Å²) in [7, 11) is 0. The van der Waals surface area contributed by atoms with Crippen molar-refractivity contribution in [1.29, 1.82) is 0 Å². The highest BCUT2D eigenvalue weighted by molar-refractivity contribution is 6.30. The van der Waals surface area contributed by atoms with Gasteiger partial charge in [0.15, 0.2) is 5.60 Å². The summed E-state index contributed by atoms with van der Waals surface area (Å²) in [6.07, 6.45) is 0.527. The molecule has 1 fully saturated rings. The van der Waals surface area contributed by atoms with Gasteiger partial charge in [0.1, 0.15) is 0 Å². The summed E-state index contributed by atoms with van der Waals surface area (Å²) in [6.45, 7) is 3.54. The topological polar surface area (TPSA) is 48.1 Å². The molecular formula is C14H17ClO4. The predicted octanol–water partition coefficient (Wildman–Crippen LogP) is 2.58. The van der Waals surface area contributed by atoms with E-state index in [1.165, 1.54) is 0 Å². The SMILES string of the molecule is CCOC(=O)C1(CCOCc2ccc(Cl)cc2)CO1. The average Bonchev–Trinajstić information content (AvgIpc) is 3.18. The molecule has 1 aliphatic rings. The predicted molar refractivity (Wildman–Crippen MR) is 71.0 cm³/mol. The van der Waals surface area contributed by atoms with Crippen LogP contribution in [0.25, 0.3) is 0 Å². The van der Waals surface area contributed by atoms with Crippen molar-refractivity contribution < 1.29 is 19.0 Å². The molecule has 104 valence electrons. The fraction of sp³-hybridized carbons (Fsp3) is 0.500. The largest absolute Gasteiger partial charge is 0.464 e.